The number of anilines is 1. The molecule has 0 aliphatic heterocycles. The third-order valence-electron chi connectivity index (χ3n) is 2.95. The smallest absolute Gasteiger partial charge is 0.0723 e. The van der Waals surface area contributed by atoms with Gasteiger partial charge in [-0.2, -0.15) is 0 Å². The van der Waals surface area contributed by atoms with Gasteiger partial charge in [-0.15, -0.1) is 0 Å². The SMILES string of the molecule is CC(CNc1ccccc1)OCC=Cc1ccccc1. The molecule has 2 nitrogen and oxygen atoms in total. The molecule has 1 atom stereocenters. The van der Waals surface area contributed by atoms with Gasteiger partial charge in [0.25, 0.3) is 0 Å². The van der Waals surface area contributed by atoms with E-state index in [0.29, 0.717) is 6.61 Å². The molecule has 20 heavy (non-hydrogen) atoms. The quantitative estimate of drug-likeness (QED) is 0.811. The Bertz CT molecular complexity index is 507. The topological polar surface area (TPSA) is 21.3 Å². The molecule has 0 bridgehead atoms. The number of ether oxygens (including phenoxy) is 1. The minimum Gasteiger partial charge on any atom is -0.382 e. The number of hydrogen-bond acceptors (Lipinski definition) is 2. The van der Waals surface area contributed by atoms with Crippen molar-refractivity contribution in [1.82, 2.24) is 0 Å². The van der Waals surface area contributed by atoms with Crippen LogP contribution >= 0.6 is 0 Å². The molecule has 0 saturated carbocycles. The molecule has 0 aliphatic carbocycles. The van der Waals surface area contributed by atoms with Crippen LogP contribution in [0.25, 0.3) is 6.08 Å². The number of hydrogen-bond donors (Lipinski definition) is 1. The Kier molecular flexibility index (Phi) is 5.87. The zero-order valence-electron chi connectivity index (χ0n) is 11.8. The summed E-state index contributed by atoms with van der Waals surface area (Å²) in [6.07, 6.45) is 4.31. The van der Waals surface area contributed by atoms with Crippen molar-refractivity contribution >= 4 is 11.8 Å². The van der Waals surface area contributed by atoms with Crippen molar-refractivity contribution in [3.63, 3.8) is 0 Å². The van der Waals surface area contributed by atoms with E-state index in [0.717, 1.165) is 12.2 Å². The van der Waals surface area contributed by atoms with Crippen LogP contribution in [0, 0.1) is 0 Å². The molecular weight excluding hydrogens is 246 g/mol. The van der Waals surface area contributed by atoms with Crippen LogP contribution < -0.4 is 5.32 Å². The van der Waals surface area contributed by atoms with Gasteiger partial charge in [0.15, 0.2) is 0 Å². The number of benzene rings is 2. The van der Waals surface area contributed by atoms with Gasteiger partial charge in [0.2, 0.25) is 0 Å². The fourth-order valence-electron chi connectivity index (χ4n) is 1.84. The first-order valence-corrected chi connectivity index (χ1v) is 6.97. The monoisotopic (exact) mass is 267 g/mol. The molecule has 2 aromatic carbocycles. The lowest BCUT2D eigenvalue weighted by Gasteiger charge is -2.13. The predicted molar refractivity (Wildman–Crippen MR) is 85.8 cm³/mol. The predicted octanol–water partition coefficient (Wildman–Crippen LogP) is 4.22. The van der Waals surface area contributed by atoms with Gasteiger partial charge in [-0.1, -0.05) is 60.7 Å². The first-order valence-electron chi connectivity index (χ1n) is 6.97. The summed E-state index contributed by atoms with van der Waals surface area (Å²) < 4.78 is 5.74. The lowest BCUT2D eigenvalue weighted by Crippen LogP contribution is -2.19. The molecule has 0 radical (unpaired) electrons. The van der Waals surface area contributed by atoms with Crippen molar-refractivity contribution in [3.8, 4) is 0 Å². The van der Waals surface area contributed by atoms with Gasteiger partial charge in [0, 0.05) is 12.2 Å². The van der Waals surface area contributed by atoms with Gasteiger partial charge in [-0.3, -0.25) is 0 Å². The molecule has 1 unspecified atom stereocenters. The van der Waals surface area contributed by atoms with Crippen LogP contribution in [-0.4, -0.2) is 19.3 Å². The van der Waals surface area contributed by atoms with E-state index >= 15 is 0 Å². The van der Waals surface area contributed by atoms with Crippen molar-refractivity contribution < 1.29 is 4.74 Å². The van der Waals surface area contributed by atoms with Crippen molar-refractivity contribution in [1.29, 1.82) is 0 Å². The van der Waals surface area contributed by atoms with Crippen LogP contribution in [0.4, 0.5) is 5.69 Å². The van der Waals surface area contributed by atoms with Crippen LogP contribution in [0.5, 0.6) is 0 Å². The molecule has 2 heteroatoms. The molecule has 0 fully saturated rings. The maximum atomic E-state index is 5.74. The fraction of sp³-hybridized carbons (Fsp3) is 0.222. The maximum absolute atomic E-state index is 5.74. The first kappa shape index (κ1) is 14.4. The maximum Gasteiger partial charge on any atom is 0.0723 e. The summed E-state index contributed by atoms with van der Waals surface area (Å²) >= 11 is 0. The largest absolute Gasteiger partial charge is 0.382 e. The van der Waals surface area contributed by atoms with Gasteiger partial charge in [-0.25, -0.2) is 0 Å². The summed E-state index contributed by atoms with van der Waals surface area (Å²) in [6, 6.07) is 20.4. The van der Waals surface area contributed by atoms with Crippen LogP contribution in [-0.2, 0) is 4.74 Å². The Morgan fingerprint density at radius 1 is 1.00 bits per heavy atom. The standard InChI is InChI=1S/C18H21NO/c1-16(15-19-18-12-6-3-7-13-18)20-14-8-11-17-9-4-2-5-10-17/h2-13,16,19H,14-15H2,1H3. The van der Waals surface area contributed by atoms with Gasteiger partial charge in [0.1, 0.15) is 0 Å². The molecule has 1 N–H and O–H groups in total. The Morgan fingerprint density at radius 2 is 1.65 bits per heavy atom. The molecular formula is C18H21NO. The molecule has 0 heterocycles. The highest BCUT2D eigenvalue weighted by atomic mass is 16.5. The Labute approximate surface area is 121 Å². The summed E-state index contributed by atoms with van der Waals surface area (Å²) in [5.41, 5.74) is 2.33. The van der Waals surface area contributed by atoms with E-state index in [9.17, 15) is 0 Å². The Morgan fingerprint density at radius 3 is 2.35 bits per heavy atom. The van der Waals surface area contributed by atoms with Crippen LogP contribution in [0.1, 0.15) is 12.5 Å². The molecule has 104 valence electrons. The van der Waals surface area contributed by atoms with E-state index in [1.165, 1.54) is 5.56 Å². The molecule has 2 rings (SSSR count). The van der Waals surface area contributed by atoms with Gasteiger partial charge < -0.3 is 10.1 Å². The molecule has 2 aromatic rings. The minimum atomic E-state index is 0.177. The van der Waals surface area contributed by atoms with E-state index in [1.54, 1.807) is 0 Å². The summed E-state index contributed by atoms with van der Waals surface area (Å²) in [4.78, 5) is 0. The summed E-state index contributed by atoms with van der Waals surface area (Å²) in [7, 11) is 0. The number of rotatable bonds is 7. The second kappa shape index (κ2) is 8.18. The van der Waals surface area contributed by atoms with Crippen molar-refractivity contribution in [2.75, 3.05) is 18.5 Å². The van der Waals surface area contributed by atoms with E-state index in [2.05, 4.69) is 42.6 Å². The molecule has 0 spiro atoms. The average molecular weight is 267 g/mol. The molecule has 0 saturated heterocycles. The molecule has 0 aliphatic rings. The zero-order chi connectivity index (χ0) is 14.0. The Hall–Kier alpha value is -2.06. The van der Waals surface area contributed by atoms with Gasteiger partial charge in [0.05, 0.1) is 12.7 Å². The van der Waals surface area contributed by atoms with E-state index in [1.807, 2.05) is 42.5 Å². The highest BCUT2D eigenvalue weighted by molar-refractivity contribution is 5.48. The van der Waals surface area contributed by atoms with Crippen LogP contribution in [0.3, 0.4) is 0 Å². The van der Waals surface area contributed by atoms with E-state index in [4.69, 9.17) is 4.74 Å². The average Bonchev–Trinajstić information content (AvgIpc) is 2.52. The van der Waals surface area contributed by atoms with Gasteiger partial charge >= 0.3 is 0 Å². The highest BCUT2D eigenvalue weighted by Crippen LogP contribution is 2.05. The number of para-hydroxylation sites is 1. The lowest BCUT2D eigenvalue weighted by atomic mass is 10.2. The zero-order valence-corrected chi connectivity index (χ0v) is 11.8. The molecule has 0 aromatic heterocycles. The summed E-state index contributed by atoms with van der Waals surface area (Å²) in [6.45, 7) is 3.52. The third-order valence-corrected chi connectivity index (χ3v) is 2.95. The lowest BCUT2D eigenvalue weighted by molar-refractivity contribution is 0.0982. The van der Waals surface area contributed by atoms with Crippen LogP contribution in [0.15, 0.2) is 66.7 Å². The highest BCUT2D eigenvalue weighted by Gasteiger charge is 2.00. The third kappa shape index (κ3) is 5.29. The Balaban J connectivity index is 1.65. The summed E-state index contributed by atoms with van der Waals surface area (Å²) in [5.74, 6) is 0. The first-order chi connectivity index (χ1) is 9.84. The second-order valence-corrected chi connectivity index (χ2v) is 4.70. The van der Waals surface area contributed by atoms with Gasteiger partial charge in [-0.05, 0) is 24.6 Å². The van der Waals surface area contributed by atoms with E-state index in [-0.39, 0.29) is 6.10 Å². The molecule has 0 amide bonds. The second-order valence-electron chi connectivity index (χ2n) is 4.70. The fourth-order valence-corrected chi connectivity index (χ4v) is 1.84. The van der Waals surface area contributed by atoms with Crippen molar-refractivity contribution in [2.45, 2.75) is 13.0 Å². The minimum absolute atomic E-state index is 0.177. The van der Waals surface area contributed by atoms with Crippen LogP contribution in [0.2, 0.25) is 0 Å². The van der Waals surface area contributed by atoms with E-state index < -0.39 is 0 Å². The number of nitrogens with one attached hydrogen (secondary N) is 1. The summed E-state index contributed by atoms with van der Waals surface area (Å²) in [5, 5.41) is 3.35. The van der Waals surface area contributed by atoms with Crippen molar-refractivity contribution in [2.24, 2.45) is 0 Å². The van der Waals surface area contributed by atoms with Crippen molar-refractivity contribution in [3.05, 3.63) is 72.3 Å². The normalized spacial score (nSPS) is 12.4.